The SMILES string of the molecule is COc1ccc2[nH]c(C(=O)N3CCCC3)c(C)c2c1. The van der Waals surface area contributed by atoms with E-state index in [1.807, 2.05) is 30.0 Å². The smallest absolute Gasteiger partial charge is 0.270 e. The van der Waals surface area contributed by atoms with Gasteiger partial charge < -0.3 is 14.6 Å². The van der Waals surface area contributed by atoms with Crippen molar-refractivity contribution in [3.8, 4) is 5.75 Å². The molecular weight excluding hydrogens is 240 g/mol. The number of nitrogens with zero attached hydrogens (tertiary/aromatic N) is 1. The first kappa shape index (κ1) is 12.1. The lowest BCUT2D eigenvalue weighted by atomic mass is 10.1. The molecule has 0 atom stereocenters. The summed E-state index contributed by atoms with van der Waals surface area (Å²) in [6.07, 6.45) is 2.22. The zero-order chi connectivity index (χ0) is 13.4. The number of nitrogens with one attached hydrogen (secondary N) is 1. The second-order valence-electron chi connectivity index (χ2n) is 5.04. The molecule has 1 aromatic carbocycles. The molecule has 0 radical (unpaired) electrons. The van der Waals surface area contributed by atoms with Gasteiger partial charge in [-0.25, -0.2) is 0 Å². The Morgan fingerprint density at radius 1 is 1.32 bits per heavy atom. The molecule has 0 aliphatic carbocycles. The van der Waals surface area contributed by atoms with Crippen LogP contribution < -0.4 is 4.74 Å². The maximum Gasteiger partial charge on any atom is 0.270 e. The fraction of sp³-hybridized carbons (Fsp3) is 0.400. The first-order valence-corrected chi connectivity index (χ1v) is 6.66. The lowest BCUT2D eigenvalue weighted by molar-refractivity contribution is 0.0787. The number of aryl methyl sites for hydroxylation is 1. The molecule has 100 valence electrons. The number of carbonyl (C=O) groups excluding carboxylic acids is 1. The summed E-state index contributed by atoms with van der Waals surface area (Å²) in [6, 6.07) is 5.84. The zero-order valence-corrected chi connectivity index (χ0v) is 11.3. The van der Waals surface area contributed by atoms with Gasteiger partial charge in [0.05, 0.1) is 7.11 Å². The van der Waals surface area contributed by atoms with E-state index in [9.17, 15) is 4.79 Å². The van der Waals surface area contributed by atoms with Gasteiger partial charge in [-0.3, -0.25) is 4.79 Å². The van der Waals surface area contributed by atoms with E-state index in [0.29, 0.717) is 5.69 Å². The number of rotatable bonds is 2. The standard InChI is InChI=1S/C15H18N2O2/c1-10-12-9-11(19-2)5-6-13(12)16-14(10)15(18)17-7-3-4-8-17/h5-6,9,16H,3-4,7-8H2,1-2H3. The maximum absolute atomic E-state index is 12.5. The molecule has 1 amide bonds. The molecule has 0 spiro atoms. The molecule has 2 aromatic rings. The molecule has 1 aliphatic heterocycles. The van der Waals surface area contributed by atoms with Crippen LogP contribution in [-0.2, 0) is 0 Å². The topological polar surface area (TPSA) is 45.3 Å². The van der Waals surface area contributed by atoms with Crippen LogP contribution in [0.15, 0.2) is 18.2 Å². The second kappa shape index (κ2) is 4.61. The van der Waals surface area contributed by atoms with Crippen LogP contribution in [0.25, 0.3) is 10.9 Å². The van der Waals surface area contributed by atoms with Crippen LogP contribution in [0, 0.1) is 6.92 Å². The summed E-state index contributed by atoms with van der Waals surface area (Å²) in [7, 11) is 1.65. The molecule has 1 N–H and O–H groups in total. The number of carbonyl (C=O) groups is 1. The average Bonchev–Trinajstić information content (AvgIpc) is 3.06. The molecule has 0 unspecified atom stereocenters. The zero-order valence-electron chi connectivity index (χ0n) is 11.3. The van der Waals surface area contributed by atoms with Crippen LogP contribution in [0.5, 0.6) is 5.75 Å². The predicted molar refractivity (Wildman–Crippen MR) is 74.7 cm³/mol. The Morgan fingerprint density at radius 3 is 2.74 bits per heavy atom. The largest absolute Gasteiger partial charge is 0.497 e. The van der Waals surface area contributed by atoms with Crippen molar-refractivity contribution in [3.63, 3.8) is 0 Å². The van der Waals surface area contributed by atoms with E-state index in [1.165, 1.54) is 0 Å². The van der Waals surface area contributed by atoms with Crippen molar-refractivity contribution in [2.45, 2.75) is 19.8 Å². The van der Waals surface area contributed by atoms with Crippen molar-refractivity contribution in [3.05, 3.63) is 29.5 Å². The predicted octanol–water partition coefficient (Wildman–Crippen LogP) is 2.72. The number of fused-ring (bicyclic) bond motifs is 1. The van der Waals surface area contributed by atoms with Crippen molar-refractivity contribution in [1.29, 1.82) is 0 Å². The fourth-order valence-corrected chi connectivity index (χ4v) is 2.72. The molecular formula is C15H18N2O2. The van der Waals surface area contributed by atoms with Gasteiger partial charge in [0.1, 0.15) is 11.4 Å². The van der Waals surface area contributed by atoms with Crippen LogP contribution >= 0.6 is 0 Å². The van der Waals surface area contributed by atoms with Crippen molar-refractivity contribution in [2.75, 3.05) is 20.2 Å². The first-order chi connectivity index (χ1) is 9.20. The summed E-state index contributed by atoms with van der Waals surface area (Å²) in [5.74, 6) is 0.930. The number of ether oxygens (including phenoxy) is 1. The summed E-state index contributed by atoms with van der Waals surface area (Å²) in [5.41, 5.74) is 2.71. The lowest BCUT2D eigenvalue weighted by Crippen LogP contribution is -2.28. The highest BCUT2D eigenvalue weighted by molar-refractivity contribution is 6.01. The van der Waals surface area contributed by atoms with E-state index in [2.05, 4.69) is 4.98 Å². The molecule has 0 bridgehead atoms. The lowest BCUT2D eigenvalue weighted by Gasteiger charge is -2.14. The summed E-state index contributed by atoms with van der Waals surface area (Å²) in [5, 5.41) is 1.06. The molecule has 2 heterocycles. The molecule has 1 aliphatic rings. The van der Waals surface area contributed by atoms with Crippen LogP contribution in [-0.4, -0.2) is 36.0 Å². The quantitative estimate of drug-likeness (QED) is 0.900. The third-order valence-corrected chi connectivity index (χ3v) is 3.87. The molecule has 19 heavy (non-hydrogen) atoms. The van der Waals surface area contributed by atoms with Crippen LogP contribution in [0.4, 0.5) is 0 Å². The molecule has 1 fully saturated rings. The van der Waals surface area contributed by atoms with E-state index in [-0.39, 0.29) is 5.91 Å². The Balaban J connectivity index is 2.04. The number of hydrogen-bond acceptors (Lipinski definition) is 2. The van der Waals surface area contributed by atoms with E-state index in [0.717, 1.165) is 48.1 Å². The van der Waals surface area contributed by atoms with Gasteiger partial charge in [-0.05, 0) is 43.5 Å². The van der Waals surface area contributed by atoms with Gasteiger partial charge in [-0.2, -0.15) is 0 Å². The summed E-state index contributed by atoms with van der Waals surface area (Å²) in [4.78, 5) is 17.6. The van der Waals surface area contributed by atoms with E-state index in [4.69, 9.17) is 4.74 Å². The minimum absolute atomic E-state index is 0.116. The fourth-order valence-electron chi connectivity index (χ4n) is 2.72. The summed E-state index contributed by atoms with van der Waals surface area (Å²) in [6.45, 7) is 3.73. The van der Waals surface area contributed by atoms with E-state index < -0.39 is 0 Å². The Labute approximate surface area is 112 Å². The van der Waals surface area contributed by atoms with Crippen molar-refractivity contribution in [2.24, 2.45) is 0 Å². The van der Waals surface area contributed by atoms with Gasteiger partial charge >= 0.3 is 0 Å². The van der Waals surface area contributed by atoms with Crippen LogP contribution in [0.1, 0.15) is 28.9 Å². The third kappa shape index (κ3) is 1.97. The van der Waals surface area contributed by atoms with Crippen molar-refractivity contribution >= 4 is 16.8 Å². The van der Waals surface area contributed by atoms with Gasteiger partial charge in [0.2, 0.25) is 0 Å². The highest BCUT2D eigenvalue weighted by Crippen LogP contribution is 2.27. The number of H-pyrrole nitrogens is 1. The number of amides is 1. The van der Waals surface area contributed by atoms with Gasteiger partial charge in [0, 0.05) is 24.0 Å². The third-order valence-electron chi connectivity index (χ3n) is 3.87. The average molecular weight is 258 g/mol. The Morgan fingerprint density at radius 2 is 2.05 bits per heavy atom. The minimum Gasteiger partial charge on any atom is -0.497 e. The van der Waals surface area contributed by atoms with Crippen molar-refractivity contribution in [1.82, 2.24) is 9.88 Å². The molecule has 3 rings (SSSR count). The maximum atomic E-state index is 12.5. The normalized spacial score (nSPS) is 15.2. The molecule has 4 heteroatoms. The summed E-state index contributed by atoms with van der Waals surface area (Å²) >= 11 is 0. The highest BCUT2D eigenvalue weighted by atomic mass is 16.5. The van der Waals surface area contributed by atoms with Crippen molar-refractivity contribution < 1.29 is 9.53 Å². The van der Waals surface area contributed by atoms with Gasteiger partial charge in [0.25, 0.3) is 5.91 Å². The molecule has 1 saturated heterocycles. The van der Waals surface area contributed by atoms with E-state index in [1.54, 1.807) is 7.11 Å². The van der Waals surface area contributed by atoms with Gasteiger partial charge in [0.15, 0.2) is 0 Å². The van der Waals surface area contributed by atoms with Gasteiger partial charge in [-0.1, -0.05) is 0 Å². The van der Waals surface area contributed by atoms with E-state index >= 15 is 0 Å². The van der Waals surface area contributed by atoms with Crippen LogP contribution in [0.3, 0.4) is 0 Å². The Bertz CT molecular complexity index is 624. The van der Waals surface area contributed by atoms with Gasteiger partial charge in [-0.15, -0.1) is 0 Å². The highest BCUT2D eigenvalue weighted by Gasteiger charge is 2.23. The summed E-state index contributed by atoms with van der Waals surface area (Å²) < 4.78 is 5.24. The Hall–Kier alpha value is -1.97. The van der Waals surface area contributed by atoms with Crippen LogP contribution in [0.2, 0.25) is 0 Å². The minimum atomic E-state index is 0.116. The molecule has 1 aromatic heterocycles. The number of likely N-dealkylation sites (tertiary alicyclic amines) is 1. The Kier molecular flexibility index (Phi) is 2.93. The second-order valence-corrected chi connectivity index (χ2v) is 5.04. The number of methoxy groups -OCH3 is 1. The first-order valence-electron chi connectivity index (χ1n) is 6.66. The number of aromatic nitrogens is 1. The number of benzene rings is 1. The monoisotopic (exact) mass is 258 g/mol. The number of aromatic amines is 1. The molecule has 0 saturated carbocycles. The molecule has 4 nitrogen and oxygen atoms in total. The number of hydrogen-bond donors (Lipinski definition) is 1.